The minimum absolute atomic E-state index is 0.0552. The molecule has 0 atom stereocenters. The zero-order valence-corrected chi connectivity index (χ0v) is 37.7. The van der Waals surface area contributed by atoms with E-state index >= 15 is 0 Å². The van der Waals surface area contributed by atoms with E-state index in [1.807, 2.05) is 93.6 Å². The molecule has 7 heteroatoms. The molecule has 3 aromatic rings. The third-order valence-electron chi connectivity index (χ3n) is 9.77. The number of anilines is 1. The molecule has 0 amide bonds. The van der Waals surface area contributed by atoms with Gasteiger partial charge in [0.1, 0.15) is 5.70 Å². The van der Waals surface area contributed by atoms with Gasteiger partial charge in [-0.25, -0.2) is 4.98 Å². The van der Waals surface area contributed by atoms with Crippen molar-refractivity contribution >= 4 is 34.3 Å². The van der Waals surface area contributed by atoms with Crippen molar-refractivity contribution in [3.63, 3.8) is 0 Å². The van der Waals surface area contributed by atoms with Crippen molar-refractivity contribution in [2.24, 2.45) is 26.5 Å². The number of hydrazine groups is 1. The maximum atomic E-state index is 14.0. The molecule has 0 bridgehead atoms. The largest absolute Gasteiger partial charge is 0.301 e. The van der Waals surface area contributed by atoms with Crippen molar-refractivity contribution in [1.82, 2.24) is 10.4 Å². The summed E-state index contributed by atoms with van der Waals surface area (Å²) in [6.07, 6.45) is 9.72. The molecule has 0 radical (unpaired) electrons. The van der Waals surface area contributed by atoms with Gasteiger partial charge in [-0.15, -0.1) is 5.11 Å². The number of Topliss-reactive ketones (excluding diaryl/α,β-unsaturated/α-hetero) is 2. The van der Waals surface area contributed by atoms with Gasteiger partial charge in [-0.3, -0.25) is 15.0 Å². The summed E-state index contributed by atoms with van der Waals surface area (Å²) in [7, 11) is 0. The van der Waals surface area contributed by atoms with Crippen molar-refractivity contribution < 1.29 is 9.59 Å². The molecule has 0 spiro atoms. The molecular formula is C51H65N5O2. The number of azo groups is 1. The van der Waals surface area contributed by atoms with Crippen LogP contribution in [-0.2, 0) is 9.59 Å². The van der Waals surface area contributed by atoms with Gasteiger partial charge in [-0.05, 0) is 110 Å². The molecule has 0 saturated carbocycles. The molecular weight excluding hydrogens is 715 g/mol. The number of hydrogen-bond donors (Lipinski definition) is 2. The highest BCUT2D eigenvalue weighted by molar-refractivity contribution is 6.13. The highest BCUT2D eigenvalue weighted by Crippen LogP contribution is 2.41. The van der Waals surface area contributed by atoms with Crippen LogP contribution in [0.25, 0.3) is 11.4 Å². The number of aryl methyl sites for hydroxylation is 3. The molecule has 2 aliphatic rings. The first-order valence-electron chi connectivity index (χ1n) is 20.6. The first-order chi connectivity index (χ1) is 27.1. The number of aromatic nitrogens is 1. The molecule has 1 aromatic heterocycles. The number of nitrogens with zero attached hydrogens (tertiary/aromatic N) is 3. The van der Waals surface area contributed by atoms with Crippen molar-refractivity contribution in [2.45, 2.75) is 117 Å². The number of benzene rings is 2. The number of nitrogens with one attached hydrogen (secondary N) is 2. The van der Waals surface area contributed by atoms with Crippen molar-refractivity contribution in [2.75, 3.05) is 5.43 Å². The van der Waals surface area contributed by atoms with Crippen LogP contribution < -0.4 is 10.9 Å². The Hall–Kier alpha value is -5.43. The number of carbonyl (C=O) groups excluding carboxylic acids is 2. The molecule has 0 aliphatic heterocycles. The van der Waals surface area contributed by atoms with Gasteiger partial charge in [0.2, 0.25) is 0 Å². The van der Waals surface area contributed by atoms with Crippen molar-refractivity contribution in [3.8, 4) is 0 Å². The predicted octanol–water partition coefficient (Wildman–Crippen LogP) is 13.7. The van der Waals surface area contributed by atoms with Crippen LogP contribution in [0, 0.1) is 37.0 Å². The third-order valence-corrected chi connectivity index (χ3v) is 9.77. The molecule has 0 saturated heterocycles. The summed E-state index contributed by atoms with van der Waals surface area (Å²) in [6, 6.07) is 20.1. The van der Waals surface area contributed by atoms with E-state index in [0.29, 0.717) is 34.9 Å². The van der Waals surface area contributed by atoms with Crippen LogP contribution in [0.1, 0.15) is 124 Å². The molecule has 58 heavy (non-hydrogen) atoms. The monoisotopic (exact) mass is 780 g/mol. The lowest BCUT2D eigenvalue weighted by atomic mass is 9.71. The average Bonchev–Trinajstić information content (AvgIpc) is 3.13. The number of allylic oxidation sites excluding steroid dienone is 10. The summed E-state index contributed by atoms with van der Waals surface area (Å²) in [5, 5.41) is 9.61. The summed E-state index contributed by atoms with van der Waals surface area (Å²) < 4.78 is 0. The first kappa shape index (κ1) is 45.3. The quantitative estimate of drug-likeness (QED) is 0.175. The van der Waals surface area contributed by atoms with Gasteiger partial charge in [0.05, 0.1) is 28.5 Å². The second kappa shape index (κ2) is 18.4. The molecule has 5 rings (SSSR count). The molecule has 0 unspecified atom stereocenters. The van der Waals surface area contributed by atoms with Crippen LogP contribution in [0.5, 0.6) is 0 Å². The van der Waals surface area contributed by atoms with E-state index in [1.54, 1.807) is 0 Å². The van der Waals surface area contributed by atoms with Gasteiger partial charge in [0.25, 0.3) is 0 Å². The Balaban J connectivity index is 0.00000240. The third kappa shape index (κ3) is 11.4. The Morgan fingerprint density at radius 3 is 1.57 bits per heavy atom. The zero-order chi connectivity index (χ0) is 43.2. The topological polar surface area (TPSA) is 95.8 Å². The fraction of sp³-hybridized carbons (Fsp3) is 0.392. The molecule has 306 valence electrons. The SMILES string of the molecule is CCC.CCC1=C/C(=C(\N=Nc2ccc(C)cc2)c2cc(C)cc(C(NNc3ccc(C)cc3)=C3C=C(C(C)(C)C)C(=O)C(C(C)(C)C)=C3)n2)C=C(C(C)(C)C)C1=O. The fourth-order valence-electron chi connectivity index (χ4n) is 6.48. The lowest BCUT2D eigenvalue weighted by Crippen LogP contribution is -2.29. The molecule has 7 nitrogen and oxygen atoms in total. The van der Waals surface area contributed by atoms with Crippen LogP contribution in [0.2, 0.25) is 0 Å². The van der Waals surface area contributed by atoms with E-state index < -0.39 is 16.2 Å². The van der Waals surface area contributed by atoms with E-state index in [-0.39, 0.29) is 11.6 Å². The molecule has 2 aromatic carbocycles. The van der Waals surface area contributed by atoms with Gasteiger partial charge in [0.15, 0.2) is 11.6 Å². The highest BCUT2D eigenvalue weighted by atomic mass is 16.1. The number of carbonyl (C=O) groups is 2. The zero-order valence-electron chi connectivity index (χ0n) is 37.7. The highest BCUT2D eigenvalue weighted by Gasteiger charge is 2.35. The standard InChI is InChI=1S/C48H57N5O2.C3H8/c1-14-32-25-33(26-37(44(32)54)46(5,6)7)42(52-50-35-19-15-29(2)16-20-35)40-23-31(4)24-41(49-40)43(53-51-36-21-17-30(3)18-22-36)34-27-38(47(8,9)10)45(55)39(28-34)48(11,12)13;1-3-2/h15-28,51,53H,14H2,1-13H3;3H2,1-2H3/b42-33+,52-50?;. The summed E-state index contributed by atoms with van der Waals surface area (Å²) in [5.41, 5.74) is 17.6. The number of ketones is 2. The lowest BCUT2D eigenvalue weighted by molar-refractivity contribution is -0.114. The maximum Gasteiger partial charge on any atom is 0.186 e. The number of rotatable bonds is 8. The Morgan fingerprint density at radius 1 is 0.603 bits per heavy atom. The van der Waals surface area contributed by atoms with E-state index in [1.165, 1.54) is 6.42 Å². The summed E-state index contributed by atoms with van der Waals surface area (Å²) >= 11 is 0. The van der Waals surface area contributed by atoms with Crippen LogP contribution in [0.3, 0.4) is 0 Å². The van der Waals surface area contributed by atoms with Crippen LogP contribution in [0.15, 0.2) is 129 Å². The average molecular weight is 780 g/mol. The minimum Gasteiger partial charge on any atom is -0.301 e. The van der Waals surface area contributed by atoms with Gasteiger partial charge in [-0.2, -0.15) is 5.11 Å². The van der Waals surface area contributed by atoms with Crippen LogP contribution in [-0.4, -0.2) is 16.6 Å². The smallest absolute Gasteiger partial charge is 0.186 e. The van der Waals surface area contributed by atoms with E-state index in [2.05, 4.69) is 106 Å². The summed E-state index contributed by atoms with van der Waals surface area (Å²) in [6.45, 7) is 31.0. The van der Waals surface area contributed by atoms with E-state index in [9.17, 15) is 9.59 Å². The normalized spacial score (nSPS) is 15.9. The first-order valence-corrected chi connectivity index (χ1v) is 20.6. The second-order valence-corrected chi connectivity index (χ2v) is 18.5. The maximum absolute atomic E-state index is 14.0. The Morgan fingerprint density at radius 2 is 1.07 bits per heavy atom. The Bertz CT molecular complexity index is 2200. The summed E-state index contributed by atoms with van der Waals surface area (Å²) in [5.74, 6) is 0.113. The molecule has 1 heterocycles. The number of pyridine rings is 1. The molecule has 0 fully saturated rings. The van der Waals surface area contributed by atoms with Gasteiger partial charge < -0.3 is 5.43 Å². The van der Waals surface area contributed by atoms with E-state index in [4.69, 9.17) is 15.2 Å². The number of hydrogen-bond acceptors (Lipinski definition) is 7. The van der Waals surface area contributed by atoms with Gasteiger partial charge in [0, 0.05) is 33.4 Å². The second-order valence-electron chi connectivity index (χ2n) is 18.5. The summed E-state index contributed by atoms with van der Waals surface area (Å²) in [4.78, 5) is 33.0. The van der Waals surface area contributed by atoms with E-state index in [0.717, 1.165) is 55.8 Å². The minimum atomic E-state index is -0.402. The fourth-order valence-corrected chi connectivity index (χ4v) is 6.48. The Labute approximate surface area is 348 Å². The van der Waals surface area contributed by atoms with Crippen LogP contribution >= 0.6 is 0 Å². The van der Waals surface area contributed by atoms with Crippen LogP contribution in [0.4, 0.5) is 11.4 Å². The lowest BCUT2D eigenvalue weighted by Gasteiger charge is -2.32. The predicted molar refractivity (Wildman–Crippen MR) is 243 cm³/mol. The van der Waals surface area contributed by atoms with Crippen molar-refractivity contribution in [1.29, 1.82) is 0 Å². The van der Waals surface area contributed by atoms with Gasteiger partial charge in [-0.1, -0.05) is 125 Å². The van der Waals surface area contributed by atoms with Crippen molar-refractivity contribution in [3.05, 3.63) is 146 Å². The molecule has 2 N–H and O–H groups in total. The molecule has 2 aliphatic carbocycles. The Kier molecular flexibility index (Phi) is 14.4. The van der Waals surface area contributed by atoms with Gasteiger partial charge >= 0.3 is 0 Å².